The third-order valence-electron chi connectivity index (χ3n) is 5.73. The molecule has 200 valence electrons. The van der Waals surface area contributed by atoms with E-state index in [-0.39, 0.29) is 17.6 Å². The van der Waals surface area contributed by atoms with E-state index in [9.17, 15) is 14.7 Å². The van der Waals surface area contributed by atoms with Crippen molar-refractivity contribution in [3.8, 4) is 5.75 Å². The number of carbonyl (C=O) groups excluding carboxylic acids is 2. The van der Waals surface area contributed by atoms with Gasteiger partial charge in [-0.2, -0.15) is 0 Å². The first-order valence-electron chi connectivity index (χ1n) is 11.8. The van der Waals surface area contributed by atoms with Crippen LogP contribution in [0.4, 0.5) is 21.9 Å². The van der Waals surface area contributed by atoms with Crippen LogP contribution in [0.3, 0.4) is 0 Å². The van der Waals surface area contributed by atoms with Crippen LogP contribution in [0.1, 0.15) is 31.4 Å². The van der Waals surface area contributed by atoms with Gasteiger partial charge in [0, 0.05) is 20.6 Å². The fourth-order valence-corrected chi connectivity index (χ4v) is 5.38. The number of benzene rings is 3. The molecule has 10 heteroatoms. The molecule has 0 aliphatic carbocycles. The van der Waals surface area contributed by atoms with E-state index in [0.717, 1.165) is 9.37 Å². The molecule has 2 amide bonds. The number of nitrogen functional groups attached to an aromatic ring is 1. The molecule has 0 unspecified atom stereocenters. The molecule has 5 N–H and O–H groups in total. The van der Waals surface area contributed by atoms with Crippen molar-refractivity contribution >= 4 is 72.7 Å². The second-order valence-electron chi connectivity index (χ2n) is 8.54. The summed E-state index contributed by atoms with van der Waals surface area (Å²) in [5, 5.41) is 16.3. The molecule has 3 aromatic carbocycles. The fourth-order valence-electron chi connectivity index (χ4n) is 3.71. The molecule has 38 heavy (non-hydrogen) atoms. The van der Waals surface area contributed by atoms with Crippen LogP contribution in [-0.2, 0) is 9.53 Å². The number of thioether (sulfide) groups is 1. The molecule has 0 aliphatic rings. The molecule has 7 nitrogen and oxygen atoms in total. The van der Waals surface area contributed by atoms with Gasteiger partial charge in [0.15, 0.2) is 0 Å². The Morgan fingerprint density at radius 2 is 1.82 bits per heavy atom. The highest BCUT2D eigenvalue weighted by Crippen LogP contribution is 2.41. The zero-order valence-corrected chi connectivity index (χ0v) is 24.9. The van der Waals surface area contributed by atoms with E-state index in [2.05, 4.69) is 42.5 Å². The van der Waals surface area contributed by atoms with Gasteiger partial charge in [0.2, 0.25) is 5.91 Å². The average molecular weight is 663 g/mol. The van der Waals surface area contributed by atoms with Crippen molar-refractivity contribution in [2.45, 2.75) is 30.8 Å². The summed E-state index contributed by atoms with van der Waals surface area (Å²) in [4.78, 5) is 26.2. The van der Waals surface area contributed by atoms with Gasteiger partial charge >= 0.3 is 6.09 Å². The molecule has 0 aliphatic heterocycles. The molecule has 0 heterocycles. The summed E-state index contributed by atoms with van der Waals surface area (Å²) in [5.74, 6) is -0.481. The van der Waals surface area contributed by atoms with Crippen molar-refractivity contribution in [3.05, 3.63) is 87.3 Å². The highest BCUT2D eigenvalue weighted by atomic mass is 79.9. The summed E-state index contributed by atoms with van der Waals surface area (Å²) >= 11 is 8.41. The van der Waals surface area contributed by atoms with Crippen LogP contribution in [0.2, 0.25) is 0 Å². The number of halogens is 2. The molecular weight excluding hydrogens is 634 g/mol. The van der Waals surface area contributed by atoms with Crippen LogP contribution in [0.5, 0.6) is 5.75 Å². The lowest BCUT2D eigenvalue weighted by atomic mass is 9.92. The molecule has 3 rings (SSSR count). The van der Waals surface area contributed by atoms with Gasteiger partial charge in [-0.3, -0.25) is 10.1 Å². The fraction of sp³-hybridized carbons (Fsp3) is 0.214. The summed E-state index contributed by atoms with van der Waals surface area (Å²) in [6, 6.07) is 17.9. The number of phenols is 1. The molecule has 3 aromatic rings. The highest BCUT2D eigenvalue weighted by Gasteiger charge is 2.27. The number of ether oxygens (including phenoxy) is 1. The summed E-state index contributed by atoms with van der Waals surface area (Å²) in [6.07, 6.45) is 4.93. The van der Waals surface area contributed by atoms with Crippen LogP contribution in [0, 0.1) is 5.92 Å². The Morgan fingerprint density at radius 3 is 2.50 bits per heavy atom. The Kier molecular flexibility index (Phi) is 11.1. The van der Waals surface area contributed by atoms with Crippen molar-refractivity contribution in [1.82, 2.24) is 0 Å². The maximum absolute atomic E-state index is 12.8. The first kappa shape index (κ1) is 29.6. The minimum Gasteiger partial charge on any atom is -0.506 e. The zero-order valence-electron chi connectivity index (χ0n) is 20.9. The quantitative estimate of drug-likeness (QED) is 0.0991. The Hall–Kier alpha value is -2.95. The number of rotatable bonds is 10. The van der Waals surface area contributed by atoms with Crippen molar-refractivity contribution in [1.29, 1.82) is 0 Å². The van der Waals surface area contributed by atoms with E-state index in [0.29, 0.717) is 39.9 Å². The Balaban J connectivity index is 1.69. The smallest absolute Gasteiger partial charge is 0.412 e. The lowest BCUT2D eigenvalue weighted by Crippen LogP contribution is -2.22. The van der Waals surface area contributed by atoms with E-state index in [1.807, 2.05) is 25.3 Å². The summed E-state index contributed by atoms with van der Waals surface area (Å²) < 4.78 is 7.05. The van der Waals surface area contributed by atoms with Gasteiger partial charge in [-0.05, 0) is 95.6 Å². The predicted octanol–water partition coefficient (Wildman–Crippen LogP) is 8.12. The molecule has 0 fully saturated rings. The van der Waals surface area contributed by atoms with E-state index >= 15 is 0 Å². The van der Waals surface area contributed by atoms with Gasteiger partial charge in [-0.1, -0.05) is 41.1 Å². The SMILES string of the molecule is CSc1ccc(NC(=O)O[C@@H](c2cc(Br)cc(Br)c2O)[C@@H](C)CC/C=C/C(=O)Nc2ccccc2N)cc1. The largest absolute Gasteiger partial charge is 0.506 e. The number of nitrogens with two attached hydrogens (primary N) is 1. The van der Waals surface area contributed by atoms with Crippen LogP contribution in [-0.4, -0.2) is 23.4 Å². The van der Waals surface area contributed by atoms with Crippen molar-refractivity contribution in [2.24, 2.45) is 5.92 Å². The van der Waals surface area contributed by atoms with E-state index in [4.69, 9.17) is 10.5 Å². The van der Waals surface area contributed by atoms with Gasteiger partial charge < -0.3 is 20.9 Å². The maximum atomic E-state index is 12.8. The second-order valence-corrected chi connectivity index (χ2v) is 11.2. The lowest BCUT2D eigenvalue weighted by Gasteiger charge is -2.26. The van der Waals surface area contributed by atoms with Crippen LogP contribution >= 0.6 is 43.6 Å². The molecule has 0 saturated heterocycles. The molecule has 0 radical (unpaired) electrons. The van der Waals surface area contributed by atoms with E-state index < -0.39 is 12.2 Å². The molecule has 0 aromatic heterocycles. The number of hydrogen-bond acceptors (Lipinski definition) is 6. The minimum absolute atomic E-state index is 0.00227. The van der Waals surface area contributed by atoms with Crippen LogP contribution in [0.25, 0.3) is 0 Å². The first-order valence-corrected chi connectivity index (χ1v) is 14.6. The summed E-state index contributed by atoms with van der Waals surface area (Å²) in [6.45, 7) is 1.93. The zero-order chi connectivity index (χ0) is 27.7. The third kappa shape index (κ3) is 8.54. The average Bonchev–Trinajstić information content (AvgIpc) is 2.89. The first-order chi connectivity index (χ1) is 18.2. The van der Waals surface area contributed by atoms with Crippen LogP contribution in [0.15, 0.2) is 86.7 Å². The lowest BCUT2D eigenvalue weighted by molar-refractivity contribution is -0.111. The number of aromatic hydroxyl groups is 1. The highest BCUT2D eigenvalue weighted by molar-refractivity contribution is 9.11. The Morgan fingerprint density at radius 1 is 1.11 bits per heavy atom. The summed E-state index contributed by atoms with van der Waals surface area (Å²) in [5.41, 5.74) is 7.98. The monoisotopic (exact) mass is 661 g/mol. The normalized spacial score (nSPS) is 12.6. The van der Waals surface area contributed by atoms with Gasteiger partial charge in [0.25, 0.3) is 0 Å². The molecule has 2 atom stereocenters. The number of carbonyl (C=O) groups is 2. The standard InChI is InChI=1S/C28H29Br2N3O4S/c1-17(7-3-6-10-25(34)33-24-9-5-4-8-23(24)31)27(21-15-18(29)16-22(30)26(21)35)37-28(36)32-19-11-13-20(38-2)14-12-19/h4-6,8-17,27,35H,3,7,31H2,1-2H3,(H,32,36)(H,33,34)/b10-6+/t17-,27+/m0/s1. The predicted molar refractivity (Wildman–Crippen MR) is 162 cm³/mol. The number of nitrogens with one attached hydrogen (secondary N) is 2. The topological polar surface area (TPSA) is 114 Å². The van der Waals surface area contributed by atoms with Gasteiger partial charge in [0.05, 0.1) is 15.8 Å². The number of anilines is 3. The maximum Gasteiger partial charge on any atom is 0.412 e. The number of phenolic OH excluding ortho intramolecular Hbond substituents is 1. The number of hydrogen-bond donors (Lipinski definition) is 4. The van der Waals surface area contributed by atoms with E-state index in [1.165, 1.54) is 6.08 Å². The number of allylic oxidation sites excluding steroid dienone is 1. The molecule has 0 saturated carbocycles. The van der Waals surface area contributed by atoms with Gasteiger partial charge in [-0.15, -0.1) is 11.8 Å². The minimum atomic E-state index is -0.749. The number of para-hydroxylation sites is 2. The molecular formula is C28H29Br2N3O4S. The van der Waals surface area contributed by atoms with E-state index in [1.54, 1.807) is 66.4 Å². The molecule has 0 spiro atoms. The van der Waals surface area contributed by atoms with Gasteiger partial charge in [0.1, 0.15) is 11.9 Å². The Labute approximate surface area is 243 Å². The Bertz CT molecular complexity index is 1300. The second kappa shape index (κ2) is 14.3. The third-order valence-corrected chi connectivity index (χ3v) is 7.53. The van der Waals surface area contributed by atoms with Crippen molar-refractivity contribution in [3.63, 3.8) is 0 Å². The van der Waals surface area contributed by atoms with Crippen molar-refractivity contribution < 1.29 is 19.4 Å². The van der Waals surface area contributed by atoms with Gasteiger partial charge in [-0.25, -0.2) is 4.79 Å². The summed E-state index contributed by atoms with van der Waals surface area (Å²) in [7, 11) is 0. The van der Waals surface area contributed by atoms with Crippen molar-refractivity contribution in [2.75, 3.05) is 22.6 Å². The number of amides is 2. The molecule has 0 bridgehead atoms. The van der Waals surface area contributed by atoms with Crippen LogP contribution < -0.4 is 16.4 Å².